The van der Waals surface area contributed by atoms with Gasteiger partial charge in [-0.15, -0.1) is 0 Å². The summed E-state index contributed by atoms with van der Waals surface area (Å²) >= 11 is 0. The normalized spacial score (nSPS) is 16.0. The largest absolute Gasteiger partial charge is 0.504 e. The van der Waals surface area contributed by atoms with Crippen molar-refractivity contribution in [2.75, 3.05) is 31.1 Å². The van der Waals surface area contributed by atoms with E-state index in [9.17, 15) is 9.50 Å². The fourth-order valence-corrected chi connectivity index (χ4v) is 3.24. The lowest BCUT2D eigenvalue weighted by molar-refractivity contribution is 0.247. The molecule has 0 atom stereocenters. The second kappa shape index (κ2) is 6.17. The van der Waals surface area contributed by atoms with Gasteiger partial charge in [0.15, 0.2) is 11.3 Å². The average Bonchev–Trinajstić information content (AvgIpc) is 3.08. The minimum absolute atomic E-state index is 0.207. The Bertz CT molecular complexity index is 836. The van der Waals surface area contributed by atoms with Gasteiger partial charge in [0.25, 0.3) is 0 Å². The Morgan fingerprint density at radius 2 is 1.71 bits per heavy atom. The second-order valence-electron chi connectivity index (χ2n) is 6.15. The predicted octanol–water partition coefficient (Wildman–Crippen LogP) is 3.60. The van der Waals surface area contributed by atoms with Gasteiger partial charge in [0, 0.05) is 49.4 Å². The first-order chi connectivity index (χ1) is 11.7. The van der Waals surface area contributed by atoms with Crippen LogP contribution in [-0.4, -0.2) is 36.2 Å². The number of furan rings is 1. The lowest BCUT2D eigenvalue weighted by atomic mass is 10.1. The molecule has 4 nitrogen and oxygen atoms in total. The molecule has 1 aromatic heterocycles. The number of phenols is 1. The van der Waals surface area contributed by atoms with Crippen molar-refractivity contribution in [3.05, 3.63) is 60.1 Å². The summed E-state index contributed by atoms with van der Waals surface area (Å²) in [4.78, 5) is 4.56. The molecule has 124 valence electrons. The Morgan fingerprint density at radius 1 is 0.958 bits per heavy atom. The van der Waals surface area contributed by atoms with Gasteiger partial charge in [0.05, 0.1) is 6.26 Å². The molecule has 1 fully saturated rings. The molecule has 0 saturated carbocycles. The molecule has 24 heavy (non-hydrogen) atoms. The number of hydrogen-bond donors (Lipinski definition) is 1. The summed E-state index contributed by atoms with van der Waals surface area (Å²) in [5.41, 5.74) is 2.49. The van der Waals surface area contributed by atoms with Gasteiger partial charge in [0.1, 0.15) is 5.82 Å². The van der Waals surface area contributed by atoms with E-state index < -0.39 is 0 Å². The number of anilines is 1. The van der Waals surface area contributed by atoms with E-state index in [-0.39, 0.29) is 11.6 Å². The molecule has 1 aliphatic heterocycles. The van der Waals surface area contributed by atoms with Crippen molar-refractivity contribution in [1.82, 2.24) is 4.90 Å². The highest BCUT2D eigenvalue weighted by atomic mass is 19.1. The van der Waals surface area contributed by atoms with Crippen molar-refractivity contribution in [2.45, 2.75) is 6.54 Å². The van der Waals surface area contributed by atoms with Crippen LogP contribution in [0.5, 0.6) is 5.75 Å². The number of fused-ring (bicyclic) bond motifs is 1. The minimum atomic E-state index is -0.207. The molecule has 2 heterocycles. The molecule has 5 heteroatoms. The first kappa shape index (κ1) is 15.0. The highest BCUT2D eigenvalue weighted by Gasteiger charge is 2.19. The number of nitrogens with zero attached hydrogens (tertiary/aromatic N) is 2. The van der Waals surface area contributed by atoms with Crippen molar-refractivity contribution < 1.29 is 13.9 Å². The van der Waals surface area contributed by atoms with Gasteiger partial charge in [-0.2, -0.15) is 0 Å². The fourth-order valence-electron chi connectivity index (χ4n) is 3.24. The van der Waals surface area contributed by atoms with E-state index in [4.69, 9.17) is 4.42 Å². The van der Waals surface area contributed by atoms with Crippen LogP contribution in [0.25, 0.3) is 11.0 Å². The Balaban J connectivity index is 1.42. The van der Waals surface area contributed by atoms with Crippen LogP contribution >= 0.6 is 0 Å². The van der Waals surface area contributed by atoms with Crippen LogP contribution in [0.2, 0.25) is 0 Å². The third kappa shape index (κ3) is 2.83. The summed E-state index contributed by atoms with van der Waals surface area (Å²) in [5.74, 6) is 0.0274. The first-order valence-corrected chi connectivity index (χ1v) is 8.11. The van der Waals surface area contributed by atoms with Crippen molar-refractivity contribution in [2.24, 2.45) is 0 Å². The number of piperazine rings is 1. The van der Waals surface area contributed by atoms with Crippen molar-refractivity contribution in [3.63, 3.8) is 0 Å². The Labute approximate surface area is 139 Å². The minimum Gasteiger partial charge on any atom is -0.504 e. The van der Waals surface area contributed by atoms with Crippen LogP contribution in [0.1, 0.15) is 5.56 Å². The quantitative estimate of drug-likeness (QED) is 0.798. The zero-order chi connectivity index (χ0) is 16.5. The lowest BCUT2D eigenvalue weighted by Gasteiger charge is -2.36. The van der Waals surface area contributed by atoms with Gasteiger partial charge < -0.3 is 14.4 Å². The third-order valence-corrected chi connectivity index (χ3v) is 4.64. The van der Waals surface area contributed by atoms with Crippen LogP contribution in [0, 0.1) is 5.82 Å². The maximum absolute atomic E-state index is 13.0. The lowest BCUT2D eigenvalue weighted by Crippen LogP contribution is -2.45. The summed E-state index contributed by atoms with van der Waals surface area (Å²) in [6.07, 6.45) is 1.59. The topological polar surface area (TPSA) is 39.9 Å². The molecule has 0 unspecified atom stereocenters. The van der Waals surface area contributed by atoms with Crippen LogP contribution in [0.3, 0.4) is 0 Å². The van der Waals surface area contributed by atoms with Gasteiger partial charge in [-0.25, -0.2) is 4.39 Å². The number of halogens is 1. The molecule has 0 radical (unpaired) electrons. The average molecular weight is 326 g/mol. The smallest absolute Gasteiger partial charge is 0.175 e. The van der Waals surface area contributed by atoms with Crippen molar-refractivity contribution in [1.29, 1.82) is 0 Å². The maximum atomic E-state index is 13.0. The molecule has 1 N–H and O–H groups in total. The van der Waals surface area contributed by atoms with E-state index in [1.807, 2.05) is 30.3 Å². The highest BCUT2D eigenvalue weighted by molar-refractivity contribution is 5.84. The maximum Gasteiger partial charge on any atom is 0.175 e. The van der Waals surface area contributed by atoms with Gasteiger partial charge in [-0.05, 0) is 30.3 Å². The van der Waals surface area contributed by atoms with E-state index >= 15 is 0 Å². The van der Waals surface area contributed by atoms with Crippen molar-refractivity contribution in [3.8, 4) is 5.75 Å². The molecule has 0 spiro atoms. The Morgan fingerprint density at radius 3 is 2.46 bits per heavy atom. The summed E-state index contributed by atoms with van der Waals surface area (Å²) < 4.78 is 18.4. The summed E-state index contributed by atoms with van der Waals surface area (Å²) in [7, 11) is 0. The van der Waals surface area contributed by atoms with E-state index in [1.165, 1.54) is 12.1 Å². The first-order valence-electron chi connectivity index (χ1n) is 8.11. The van der Waals surface area contributed by atoms with Gasteiger partial charge >= 0.3 is 0 Å². The number of phenolic OH excluding ortho intramolecular Hbond substituents is 1. The number of aromatic hydroxyl groups is 1. The Hall–Kier alpha value is -2.53. The molecule has 0 bridgehead atoms. The zero-order valence-electron chi connectivity index (χ0n) is 13.3. The highest BCUT2D eigenvalue weighted by Crippen LogP contribution is 2.30. The van der Waals surface area contributed by atoms with Crippen molar-refractivity contribution >= 4 is 16.7 Å². The third-order valence-electron chi connectivity index (χ3n) is 4.64. The zero-order valence-corrected chi connectivity index (χ0v) is 13.3. The molecular formula is C19H19FN2O2. The molecule has 0 amide bonds. The summed E-state index contributed by atoms with van der Waals surface area (Å²) in [6, 6.07) is 12.4. The van der Waals surface area contributed by atoms with E-state index in [1.54, 1.807) is 6.26 Å². The van der Waals surface area contributed by atoms with Gasteiger partial charge in [-0.1, -0.05) is 12.1 Å². The molecule has 1 aliphatic rings. The molecule has 1 saturated heterocycles. The van der Waals surface area contributed by atoms with E-state index in [0.717, 1.165) is 42.8 Å². The SMILES string of the molecule is Oc1c(CN2CCN(c3ccc(F)cc3)CC2)ccc2ccoc12. The summed E-state index contributed by atoms with van der Waals surface area (Å²) in [5, 5.41) is 11.3. The van der Waals surface area contributed by atoms with Gasteiger partial charge in [-0.3, -0.25) is 4.90 Å². The number of hydrogen-bond acceptors (Lipinski definition) is 4. The summed E-state index contributed by atoms with van der Waals surface area (Å²) in [6.45, 7) is 4.25. The molecule has 4 rings (SSSR count). The predicted molar refractivity (Wildman–Crippen MR) is 91.8 cm³/mol. The Kier molecular flexibility index (Phi) is 3.86. The van der Waals surface area contributed by atoms with Crippen LogP contribution in [0.4, 0.5) is 10.1 Å². The standard InChI is InChI=1S/C19H19FN2O2/c20-16-3-5-17(6-4-16)22-10-8-21(9-11-22)13-15-2-1-14-7-12-24-19(14)18(15)23/h1-7,12,23H,8-11,13H2. The number of rotatable bonds is 3. The van der Waals surface area contributed by atoms with Gasteiger partial charge in [0.2, 0.25) is 0 Å². The molecule has 3 aromatic rings. The second-order valence-corrected chi connectivity index (χ2v) is 6.15. The van der Waals surface area contributed by atoms with E-state index in [2.05, 4.69) is 9.80 Å². The molecule has 0 aliphatic carbocycles. The number of benzene rings is 2. The van der Waals surface area contributed by atoms with Crippen LogP contribution in [0.15, 0.2) is 53.1 Å². The van der Waals surface area contributed by atoms with Crippen LogP contribution < -0.4 is 4.90 Å². The molecular weight excluding hydrogens is 307 g/mol. The van der Waals surface area contributed by atoms with Crippen LogP contribution in [-0.2, 0) is 6.54 Å². The fraction of sp³-hybridized carbons (Fsp3) is 0.263. The van der Waals surface area contributed by atoms with E-state index in [0.29, 0.717) is 12.1 Å². The monoisotopic (exact) mass is 326 g/mol. The molecule has 2 aromatic carbocycles.